The van der Waals surface area contributed by atoms with E-state index in [1.54, 1.807) is 39.0 Å². The molecule has 2 N–H and O–H groups in total. The number of esters is 2. The number of thiophene rings is 1. The number of carbonyl (C=O) groups excluding carboxylic acids is 3. The largest absolute Gasteiger partial charge is 0.493 e. The van der Waals surface area contributed by atoms with Crippen molar-refractivity contribution in [2.45, 2.75) is 20.8 Å². The topological polar surface area (TPSA) is 125 Å². The number of methoxy groups -OCH3 is 2. The molecule has 11 heteroatoms. The van der Waals surface area contributed by atoms with Gasteiger partial charge in [0.1, 0.15) is 9.88 Å². The van der Waals surface area contributed by atoms with Crippen LogP contribution in [0.1, 0.15) is 45.0 Å². The van der Waals surface area contributed by atoms with Crippen LogP contribution < -0.4 is 20.2 Å². The Bertz CT molecular complexity index is 1020. The quantitative estimate of drug-likeness (QED) is 0.331. The van der Waals surface area contributed by atoms with E-state index in [0.717, 1.165) is 11.3 Å². The average Bonchev–Trinajstić information content (AvgIpc) is 3.09. The molecule has 10 nitrogen and oxygen atoms in total. The van der Waals surface area contributed by atoms with Crippen molar-refractivity contribution in [2.75, 3.05) is 32.8 Å². The zero-order valence-electron chi connectivity index (χ0n) is 18.4. The van der Waals surface area contributed by atoms with Gasteiger partial charge in [0.05, 0.1) is 39.2 Å². The number of urea groups is 1. The number of benzene rings is 1. The second-order valence-electron chi connectivity index (χ2n) is 6.14. The highest BCUT2D eigenvalue weighted by molar-refractivity contribution is 7.18. The van der Waals surface area contributed by atoms with Gasteiger partial charge in [-0.1, -0.05) is 0 Å². The molecule has 0 spiro atoms. The van der Waals surface area contributed by atoms with Crippen LogP contribution in [0.4, 0.5) is 9.80 Å². The fourth-order valence-electron chi connectivity index (χ4n) is 2.67. The molecule has 1 aromatic carbocycles. The number of nitrogens with zero attached hydrogens (tertiary/aromatic N) is 1. The molecule has 0 aliphatic carbocycles. The second-order valence-corrected chi connectivity index (χ2v) is 7.16. The van der Waals surface area contributed by atoms with E-state index in [2.05, 4.69) is 15.8 Å². The minimum Gasteiger partial charge on any atom is -0.493 e. The van der Waals surface area contributed by atoms with Gasteiger partial charge in [0.2, 0.25) is 0 Å². The third kappa shape index (κ3) is 5.97. The van der Waals surface area contributed by atoms with Gasteiger partial charge >= 0.3 is 18.0 Å². The first-order chi connectivity index (χ1) is 15.4. The lowest BCUT2D eigenvalue weighted by Crippen LogP contribution is -2.24. The van der Waals surface area contributed by atoms with Crippen molar-refractivity contribution >= 4 is 40.5 Å². The third-order valence-corrected chi connectivity index (χ3v) is 5.29. The Morgan fingerprint density at radius 3 is 2.31 bits per heavy atom. The minimum atomic E-state index is -0.705. The number of amides is 2. The van der Waals surface area contributed by atoms with Crippen LogP contribution in [0.2, 0.25) is 0 Å². The van der Waals surface area contributed by atoms with E-state index in [9.17, 15) is 14.4 Å². The lowest BCUT2D eigenvalue weighted by Gasteiger charge is -2.08. The highest BCUT2D eigenvalue weighted by Crippen LogP contribution is 2.34. The van der Waals surface area contributed by atoms with Gasteiger partial charge in [-0.15, -0.1) is 11.3 Å². The molecule has 32 heavy (non-hydrogen) atoms. The van der Waals surface area contributed by atoms with Gasteiger partial charge < -0.3 is 18.9 Å². The maximum atomic E-state index is 12.4. The molecular formula is C21H25N3O7S. The van der Waals surface area contributed by atoms with Gasteiger partial charge in [-0.3, -0.25) is 5.32 Å². The number of anilines is 1. The Balaban J connectivity index is 2.17. The summed E-state index contributed by atoms with van der Waals surface area (Å²) in [5.41, 5.74) is 3.44. The van der Waals surface area contributed by atoms with E-state index < -0.39 is 18.0 Å². The number of hydrogen-bond acceptors (Lipinski definition) is 9. The maximum Gasteiger partial charge on any atom is 0.348 e. The van der Waals surface area contributed by atoms with Crippen molar-refractivity contribution in [3.8, 4) is 11.5 Å². The summed E-state index contributed by atoms with van der Waals surface area (Å²) in [6.07, 6.45) is 1.41. The smallest absolute Gasteiger partial charge is 0.348 e. The van der Waals surface area contributed by atoms with E-state index in [0.29, 0.717) is 22.6 Å². The molecule has 0 unspecified atom stereocenters. The number of rotatable bonds is 9. The normalized spacial score (nSPS) is 10.5. The van der Waals surface area contributed by atoms with Gasteiger partial charge in [0.15, 0.2) is 11.5 Å². The van der Waals surface area contributed by atoms with Crippen LogP contribution in [0, 0.1) is 6.92 Å². The molecular weight excluding hydrogens is 438 g/mol. The Morgan fingerprint density at radius 1 is 1.03 bits per heavy atom. The Morgan fingerprint density at radius 2 is 1.69 bits per heavy atom. The summed E-state index contributed by atoms with van der Waals surface area (Å²) in [6.45, 7) is 5.25. The van der Waals surface area contributed by atoms with Gasteiger partial charge in [0.25, 0.3) is 0 Å². The van der Waals surface area contributed by atoms with E-state index in [1.165, 1.54) is 20.4 Å². The average molecular weight is 464 g/mol. The molecule has 0 aliphatic rings. The number of hydrazone groups is 1. The van der Waals surface area contributed by atoms with E-state index in [4.69, 9.17) is 18.9 Å². The van der Waals surface area contributed by atoms with Crippen LogP contribution in [0.5, 0.6) is 11.5 Å². The molecule has 0 saturated heterocycles. The van der Waals surface area contributed by atoms with E-state index in [-0.39, 0.29) is 28.7 Å². The van der Waals surface area contributed by atoms with Gasteiger partial charge in [-0.05, 0) is 50.1 Å². The van der Waals surface area contributed by atoms with Crippen molar-refractivity contribution in [2.24, 2.45) is 5.10 Å². The molecule has 0 radical (unpaired) electrons. The van der Waals surface area contributed by atoms with Gasteiger partial charge in [-0.2, -0.15) is 5.10 Å². The van der Waals surface area contributed by atoms with Gasteiger partial charge in [0, 0.05) is 0 Å². The monoisotopic (exact) mass is 463 g/mol. The molecule has 0 atom stereocenters. The summed E-state index contributed by atoms with van der Waals surface area (Å²) >= 11 is 0.926. The predicted octanol–water partition coefficient (Wildman–Crippen LogP) is 3.58. The van der Waals surface area contributed by atoms with E-state index in [1.807, 2.05) is 0 Å². The van der Waals surface area contributed by atoms with Crippen LogP contribution in [-0.4, -0.2) is 51.6 Å². The lowest BCUT2D eigenvalue weighted by molar-refractivity contribution is 0.0527. The Hall–Kier alpha value is -3.60. The molecule has 1 heterocycles. The molecule has 172 valence electrons. The number of hydrogen-bond donors (Lipinski definition) is 2. The fraction of sp³-hybridized carbons (Fsp3) is 0.333. The zero-order chi connectivity index (χ0) is 23.7. The van der Waals surface area contributed by atoms with Crippen molar-refractivity contribution in [1.82, 2.24) is 5.43 Å². The first-order valence-corrected chi connectivity index (χ1v) is 10.5. The minimum absolute atomic E-state index is 0.0962. The molecule has 0 fully saturated rings. The summed E-state index contributed by atoms with van der Waals surface area (Å²) < 4.78 is 20.5. The Kier molecular flexibility index (Phi) is 9.02. The molecule has 2 rings (SSSR count). The highest BCUT2D eigenvalue weighted by Gasteiger charge is 2.27. The standard InChI is InChI=1S/C21H25N3O7S/c1-6-30-19(25)16-12(3)17(20(26)31-7-2)32-18(16)23-21(27)24-22-11-13-8-9-14(28-4)15(10-13)29-5/h8-11H,6-7H2,1-5H3,(H2,23,24,27). The van der Waals surface area contributed by atoms with E-state index >= 15 is 0 Å². The highest BCUT2D eigenvalue weighted by atomic mass is 32.1. The molecule has 2 aromatic rings. The number of ether oxygens (including phenoxy) is 4. The third-order valence-electron chi connectivity index (χ3n) is 4.10. The number of carbonyl (C=O) groups is 3. The predicted molar refractivity (Wildman–Crippen MR) is 120 cm³/mol. The first kappa shape index (κ1) is 24.7. The molecule has 2 amide bonds. The first-order valence-electron chi connectivity index (χ1n) is 9.65. The molecule has 0 aliphatic heterocycles. The van der Waals surface area contributed by atoms with Crippen LogP contribution in [0.15, 0.2) is 23.3 Å². The summed E-state index contributed by atoms with van der Waals surface area (Å²) in [5.74, 6) is -0.158. The van der Waals surface area contributed by atoms with Crippen LogP contribution in [0.25, 0.3) is 0 Å². The molecule has 1 aromatic heterocycles. The van der Waals surface area contributed by atoms with Gasteiger partial charge in [-0.25, -0.2) is 19.8 Å². The van der Waals surface area contributed by atoms with Crippen molar-refractivity contribution in [3.05, 3.63) is 39.8 Å². The summed E-state index contributed by atoms with van der Waals surface area (Å²) in [7, 11) is 3.04. The number of nitrogens with one attached hydrogen (secondary N) is 2. The van der Waals surface area contributed by atoms with Crippen molar-refractivity contribution in [3.63, 3.8) is 0 Å². The van der Waals surface area contributed by atoms with Crippen LogP contribution in [-0.2, 0) is 9.47 Å². The van der Waals surface area contributed by atoms with Crippen LogP contribution in [0.3, 0.4) is 0 Å². The molecule has 0 saturated carbocycles. The lowest BCUT2D eigenvalue weighted by atomic mass is 10.1. The second kappa shape index (κ2) is 11.7. The Labute approximate surface area is 189 Å². The zero-order valence-corrected chi connectivity index (χ0v) is 19.3. The summed E-state index contributed by atoms with van der Waals surface area (Å²) in [6, 6.07) is 4.42. The summed E-state index contributed by atoms with van der Waals surface area (Å²) in [4.78, 5) is 37.1. The fourth-order valence-corrected chi connectivity index (χ4v) is 3.76. The summed E-state index contributed by atoms with van der Waals surface area (Å²) in [5, 5.41) is 6.58. The van der Waals surface area contributed by atoms with Crippen LogP contribution >= 0.6 is 11.3 Å². The van der Waals surface area contributed by atoms with Crippen molar-refractivity contribution in [1.29, 1.82) is 0 Å². The maximum absolute atomic E-state index is 12.4. The van der Waals surface area contributed by atoms with Crippen molar-refractivity contribution < 1.29 is 33.3 Å². The molecule has 0 bridgehead atoms. The SMILES string of the molecule is CCOC(=O)c1sc(NC(=O)NN=Cc2ccc(OC)c(OC)c2)c(C(=O)OCC)c1C.